The molecule has 7 heteroatoms. The highest BCUT2D eigenvalue weighted by atomic mass is 32.1. The van der Waals surface area contributed by atoms with Gasteiger partial charge in [-0.3, -0.25) is 4.57 Å². The third-order valence-corrected chi connectivity index (χ3v) is 3.93. The molecule has 0 heterocycles. The van der Waals surface area contributed by atoms with Gasteiger partial charge in [0.05, 0.1) is 24.8 Å². The van der Waals surface area contributed by atoms with Crippen LogP contribution in [0.15, 0.2) is 0 Å². The Morgan fingerprint density at radius 1 is 1.40 bits per heavy atom. The Hall–Kier alpha value is 0.0000000000000000139. The van der Waals surface area contributed by atoms with Crippen LogP contribution in [0.2, 0.25) is 0 Å². The molecule has 0 spiro atoms. The van der Waals surface area contributed by atoms with Crippen LogP contribution in [0.3, 0.4) is 0 Å². The molecule has 0 unspecified atom stereocenters. The number of aliphatic hydroxyl groups is 1. The summed E-state index contributed by atoms with van der Waals surface area (Å²) in [5, 5.41) is 11.3. The lowest BCUT2D eigenvalue weighted by atomic mass is 10.6. The zero-order valence-electron chi connectivity index (χ0n) is 9.06. The van der Waals surface area contributed by atoms with Crippen molar-refractivity contribution in [2.24, 2.45) is 0 Å². The molecule has 90 valence electrons. The van der Waals surface area contributed by atoms with E-state index in [-0.39, 0.29) is 12.8 Å². The first-order valence-corrected chi connectivity index (χ1v) is 6.97. The fourth-order valence-electron chi connectivity index (χ4n) is 0.949. The van der Waals surface area contributed by atoms with Crippen molar-refractivity contribution in [3.63, 3.8) is 0 Å². The van der Waals surface area contributed by atoms with Crippen molar-refractivity contribution >= 4 is 24.8 Å². The van der Waals surface area contributed by atoms with Gasteiger partial charge in [-0.1, -0.05) is 12.2 Å². The van der Waals surface area contributed by atoms with Crippen molar-refractivity contribution in [2.75, 3.05) is 32.5 Å². The second kappa shape index (κ2) is 8.19. The fourth-order valence-corrected chi connectivity index (χ4v) is 3.03. The molecule has 0 aliphatic rings. The molecule has 2 N–H and O–H groups in total. The maximum atomic E-state index is 12.0. The monoisotopic (exact) mass is 255 g/mol. The minimum absolute atomic E-state index is 0.0201. The van der Waals surface area contributed by atoms with E-state index in [0.29, 0.717) is 24.7 Å². The summed E-state index contributed by atoms with van der Waals surface area (Å²) >= 11 is 4.94. The van der Waals surface area contributed by atoms with Gasteiger partial charge in [0.15, 0.2) is 0 Å². The third-order valence-electron chi connectivity index (χ3n) is 1.42. The van der Waals surface area contributed by atoms with Crippen LogP contribution in [0.1, 0.15) is 13.8 Å². The summed E-state index contributed by atoms with van der Waals surface area (Å²) in [5.74, 6) is 0. The lowest BCUT2D eigenvalue weighted by molar-refractivity contribution is 0.223. The van der Waals surface area contributed by atoms with Crippen molar-refractivity contribution in [2.45, 2.75) is 13.8 Å². The zero-order valence-corrected chi connectivity index (χ0v) is 10.8. The second-order valence-electron chi connectivity index (χ2n) is 2.68. The van der Waals surface area contributed by atoms with Crippen LogP contribution in [-0.4, -0.2) is 42.6 Å². The molecule has 0 fully saturated rings. The van der Waals surface area contributed by atoms with Crippen molar-refractivity contribution < 1.29 is 18.7 Å². The Bertz CT molecular complexity index is 227. The average Bonchev–Trinajstić information content (AvgIpc) is 2.15. The Balaban J connectivity index is 4.15. The van der Waals surface area contributed by atoms with Gasteiger partial charge >= 0.3 is 7.60 Å². The molecule has 15 heavy (non-hydrogen) atoms. The quantitative estimate of drug-likeness (QED) is 0.501. The van der Waals surface area contributed by atoms with Crippen LogP contribution in [-0.2, 0) is 13.6 Å². The van der Waals surface area contributed by atoms with E-state index in [1.54, 1.807) is 13.8 Å². The van der Waals surface area contributed by atoms with Crippen LogP contribution in [0.25, 0.3) is 0 Å². The van der Waals surface area contributed by atoms with Crippen molar-refractivity contribution in [3.05, 3.63) is 0 Å². The normalized spacial score (nSPS) is 11.4. The number of nitrogens with one attached hydrogen (secondary N) is 1. The Kier molecular flexibility index (Phi) is 8.19. The smallest absolute Gasteiger partial charge is 0.337 e. The maximum Gasteiger partial charge on any atom is 0.337 e. The molecule has 0 aromatic carbocycles. The summed E-state index contributed by atoms with van der Waals surface area (Å²) in [5.41, 5.74) is 0. The Labute approximate surface area is 95.7 Å². The lowest BCUT2D eigenvalue weighted by Gasteiger charge is -2.17. The first-order chi connectivity index (χ1) is 7.08. The van der Waals surface area contributed by atoms with Gasteiger partial charge in [-0.25, -0.2) is 0 Å². The molecule has 0 amide bonds. The average molecular weight is 255 g/mol. The van der Waals surface area contributed by atoms with Gasteiger partial charge in [-0.15, -0.1) is 0 Å². The molecule has 0 saturated carbocycles. The summed E-state index contributed by atoms with van der Waals surface area (Å²) in [7, 11) is -3.10. The minimum atomic E-state index is -3.10. The molecule has 0 radical (unpaired) electrons. The van der Waals surface area contributed by atoms with Crippen LogP contribution >= 0.6 is 19.8 Å². The predicted octanol–water partition coefficient (Wildman–Crippen LogP) is 1.16. The predicted molar refractivity (Wildman–Crippen MR) is 63.4 cm³/mol. The number of rotatable bonds is 8. The number of hydrogen-bond acceptors (Lipinski definition) is 5. The van der Waals surface area contributed by atoms with Gasteiger partial charge in [0.25, 0.3) is 0 Å². The molecule has 0 saturated heterocycles. The molecule has 0 atom stereocenters. The van der Waals surface area contributed by atoms with Crippen molar-refractivity contribution in [3.8, 4) is 0 Å². The van der Waals surface area contributed by atoms with E-state index < -0.39 is 7.60 Å². The highest BCUT2D eigenvalue weighted by Gasteiger charge is 2.25. The van der Waals surface area contributed by atoms with Crippen LogP contribution < -0.4 is 5.32 Å². The van der Waals surface area contributed by atoms with Crippen LogP contribution in [0.4, 0.5) is 0 Å². The molecule has 5 nitrogen and oxygen atoms in total. The van der Waals surface area contributed by atoms with Gasteiger partial charge in [0.1, 0.15) is 6.16 Å². The Morgan fingerprint density at radius 3 is 2.33 bits per heavy atom. The van der Waals surface area contributed by atoms with E-state index in [0.717, 1.165) is 0 Å². The van der Waals surface area contributed by atoms with E-state index in [1.165, 1.54) is 0 Å². The highest BCUT2D eigenvalue weighted by Crippen LogP contribution is 2.47. The van der Waals surface area contributed by atoms with E-state index in [9.17, 15) is 4.57 Å². The third kappa shape index (κ3) is 6.98. The number of thiocarbonyl (C=S) groups is 1. The van der Waals surface area contributed by atoms with Gasteiger partial charge < -0.3 is 19.5 Å². The summed E-state index contributed by atoms with van der Waals surface area (Å²) in [4.78, 5) is 0.384. The molecule has 0 aliphatic heterocycles. The van der Waals surface area contributed by atoms with Gasteiger partial charge in [0, 0.05) is 6.54 Å². The topological polar surface area (TPSA) is 67.8 Å². The molecular formula is C8H18NO4PS. The fraction of sp³-hybridized carbons (Fsp3) is 0.875. The second-order valence-corrected chi connectivity index (χ2v) is 5.23. The Morgan fingerprint density at radius 2 is 1.93 bits per heavy atom. The maximum absolute atomic E-state index is 12.0. The van der Waals surface area contributed by atoms with E-state index in [1.807, 2.05) is 0 Å². The van der Waals surface area contributed by atoms with Gasteiger partial charge in [-0.05, 0) is 13.8 Å². The standard InChI is InChI=1S/C8H18NO4PS/c1-3-12-14(11,13-4-2)7-8(15)9-5-6-10/h10H,3-7H2,1-2H3,(H,9,15). The van der Waals surface area contributed by atoms with E-state index in [4.69, 9.17) is 26.4 Å². The molecule has 0 aromatic rings. The van der Waals surface area contributed by atoms with Gasteiger partial charge in [0.2, 0.25) is 0 Å². The van der Waals surface area contributed by atoms with Crippen molar-refractivity contribution in [1.82, 2.24) is 5.32 Å². The molecule has 0 bridgehead atoms. The summed E-state index contributed by atoms with van der Waals surface area (Å²) in [6.45, 7) is 4.45. The first kappa shape index (κ1) is 15.0. The lowest BCUT2D eigenvalue weighted by Crippen LogP contribution is -2.28. The molecule has 0 aliphatic carbocycles. The van der Waals surface area contributed by atoms with Crippen LogP contribution in [0, 0.1) is 0 Å². The van der Waals surface area contributed by atoms with E-state index >= 15 is 0 Å². The SMILES string of the molecule is CCOP(=O)(CC(=S)NCCO)OCC. The minimum Gasteiger partial charge on any atom is -0.395 e. The summed E-state index contributed by atoms with van der Waals surface area (Å²) in [6, 6.07) is 0. The largest absolute Gasteiger partial charge is 0.395 e. The van der Waals surface area contributed by atoms with Crippen LogP contribution in [0.5, 0.6) is 0 Å². The molecular weight excluding hydrogens is 237 g/mol. The first-order valence-electron chi connectivity index (χ1n) is 4.83. The molecule has 0 rings (SSSR count). The summed E-state index contributed by atoms with van der Waals surface area (Å²) in [6.07, 6.45) is 0.0595. The van der Waals surface area contributed by atoms with Crippen molar-refractivity contribution in [1.29, 1.82) is 0 Å². The van der Waals surface area contributed by atoms with E-state index in [2.05, 4.69) is 5.32 Å². The number of aliphatic hydroxyl groups excluding tert-OH is 1. The number of hydrogen-bond donors (Lipinski definition) is 2. The van der Waals surface area contributed by atoms with Gasteiger partial charge in [-0.2, -0.15) is 0 Å². The molecule has 0 aromatic heterocycles. The highest BCUT2D eigenvalue weighted by molar-refractivity contribution is 7.81. The zero-order chi connectivity index (χ0) is 11.7. The summed E-state index contributed by atoms with van der Waals surface area (Å²) < 4.78 is 22.1.